The number of anilines is 1. The summed E-state index contributed by atoms with van der Waals surface area (Å²) in [6, 6.07) is 8.73. The third-order valence-electron chi connectivity index (χ3n) is 3.42. The van der Waals surface area contributed by atoms with Crippen molar-refractivity contribution in [3.8, 4) is 0 Å². The van der Waals surface area contributed by atoms with Crippen molar-refractivity contribution in [1.82, 2.24) is 5.32 Å². The topological polar surface area (TPSA) is 84.5 Å². The first kappa shape index (κ1) is 22.5. The summed E-state index contributed by atoms with van der Waals surface area (Å²) in [5.74, 6) is -2.32. The van der Waals surface area contributed by atoms with Gasteiger partial charge in [0.1, 0.15) is 6.54 Å². The molecule has 11 heteroatoms. The second-order valence-electron chi connectivity index (χ2n) is 5.59. The highest BCUT2D eigenvalue weighted by Crippen LogP contribution is 2.36. The zero-order chi connectivity index (χ0) is 21.6. The largest absolute Gasteiger partial charge is 0.454 e. The summed E-state index contributed by atoms with van der Waals surface area (Å²) in [5, 5.41) is 4.38. The second-order valence-corrected chi connectivity index (χ2v) is 6.43. The number of esters is 1. The molecule has 0 unspecified atom stereocenters. The quantitative estimate of drug-likeness (QED) is 0.655. The van der Waals surface area contributed by atoms with Crippen molar-refractivity contribution < 1.29 is 32.3 Å². The zero-order valence-corrected chi connectivity index (χ0v) is 16.0. The van der Waals surface area contributed by atoms with E-state index in [1.54, 1.807) is 0 Å². The van der Waals surface area contributed by atoms with E-state index in [9.17, 15) is 27.6 Å². The Morgan fingerprint density at radius 2 is 1.66 bits per heavy atom. The summed E-state index contributed by atoms with van der Waals surface area (Å²) >= 11 is 11.2. The molecule has 0 bridgehead atoms. The summed E-state index contributed by atoms with van der Waals surface area (Å²) in [7, 11) is 0. The van der Waals surface area contributed by atoms with Crippen molar-refractivity contribution in [2.24, 2.45) is 0 Å². The lowest BCUT2D eigenvalue weighted by atomic mass is 10.2. The normalized spacial score (nSPS) is 10.9. The van der Waals surface area contributed by atoms with Crippen LogP contribution in [0.25, 0.3) is 0 Å². The van der Waals surface area contributed by atoms with Crippen LogP contribution in [0.3, 0.4) is 0 Å². The van der Waals surface area contributed by atoms with Gasteiger partial charge in [-0.25, -0.2) is 0 Å². The van der Waals surface area contributed by atoms with Crippen LogP contribution in [0.5, 0.6) is 0 Å². The van der Waals surface area contributed by atoms with Gasteiger partial charge in [-0.15, -0.1) is 0 Å². The molecule has 0 spiro atoms. The zero-order valence-electron chi connectivity index (χ0n) is 14.5. The van der Waals surface area contributed by atoms with Crippen LogP contribution in [0.2, 0.25) is 10.0 Å². The van der Waals surface area contributed by atoms with Crippen LogP contribution >= 0.6 is 23.2 Å². The summed E-state index contributed by atoms with van der Waals surface area (Å²) in [4.78, 5) is 35.2. The van der Waals surface area contributed by atoms with Crippen LogP contribution in [0.15, 0.2) is 42.5 Å². The predicted molar refractivity (Wildman–Crippen MR) is 99.8 cm³/mol. The van der Waals surface area contributed by atoms with Crippen molar-refractivity contribution in [2.45, 2.75) is 6.18 Å². The summed E-state index contributed by atoms with van der Waals surface area (Å²) in [5.41, 5.74) is -1.01. The minimum Gasteiger partial charge on any atom is -0.454 e. The average Bonchev–Trinajstić information content (AvgIpc) is 2.65. The molecule has 0 aliphatic carbocycles. The van der Waals surface area contributed by atoms with Crippen LogP contribution in [-0.2, 0) is 20.5 Å². The average molecular weight is 449 g/mol. The molecule has 0 aliphatic heterocycles. The van der Waals surface area contributed by atoms with Gasteiger partial charge in [0.05, 0.1) is 10.6 Å². The monoisotopic (exact) mass is 448 g/mol. The first-order valence-electron chi connectivity index (χ1n) is 7.92. The molecule has 29 heavy (non-hydrogen) atoms. The van der Waals surface area contributed by atoms with E-state index < -0.39 is 47.7 Å². The molecule has 0 heterocycles. The van der Waals surface area contributed by atoms with Crippen molar-refractivity contribution in [3.63, 3.8) is 0 Å². The number of carbonyl (C=O) groups excluding carboxylic acids is 3. The number of ether oxygens (including phenoxy) is 1. The standard InChI is InChI=1S/C18H13Cl2F3N2O4/c19-11-3-1-10(2-4-11)17(28)24-8-16(27)29-9-15(26)25-12-5-6-14(20)13(7-12)18(21,22)23/h1-7H,8-9H2,(H,24,28)(H,25,26). The van der Waals surface area contributed by atoms with E-state index in [1.165, 1.54) is 30.3 Å². The minimum atomic E-state index is -4.69. The number of carbonyl (C=O) groups is 3. The first-order chi connectivity index (χ1) is 13.6. The molecule has 0 radical (unpaired) electrons. The second kappa shape index (κ2) is 9.62. The molecule has 0 aliphatic rings. The molecule has 2 N–H and O–H groups in total. The maximum absolute atomic E-state index is 12.8. The van der Waals surface area contributed by atoms with Crippen LogP contribution in [0.4, 0.5) is 18.9 Å². The molecule has 6 nitrogen and oxygen atoms in total. The van der Waals surface area contributed by atoms with Gasteiger partial charge >= 0.3 is 12.1 Å². The van der Waals surface area contributed by atoms with E-state index in [4.69, 9.17) is 23.2 Å². The Morgan fingerprint density at radius 3 is 2.28 bits per heavy atom. The van der Waals surface area contributed by atoms with Gasteiger partial charge in [-0.05, 0) is 42.5 Å². The lowest BCUT2D eigenvalue weighted by molar-refractivity contribution is -0.146. The third kappa shape index (κ3) is 6.95. The SMILES string of the molecule is O=C(COC(=O)CNC(=O)c1ccc(Cl)cc1)Nc1ccc(Cl)c(C(F)(F)F)c1. The molecule has 0 saturated carbocycles. The summed E-state index contributed by atoms with van der Waals surface area (Å²) < 4.78 is 43.1. The smallest absolute Gasteiger partial charge is 0.417 e. The molecule has 0 atom stereocenters. The van der Waals surface area contributed by atoms with Gasteiger partial charge in [0, 0.05) is 16.3 Å². The Bertz CT molecular complexity index is 918. The number of hydrogen-bond acceptors (Lipinski definition) is 4. The summed E-state index contributed by atoms with van der Waals surface area (Å²) in [6.45, 7) is -1.26. The van der Waals surface area contributed by atoms with E-state index in [0.717, 1.165) is 6.07 Å². The number of amides is 2. The first-order valence-corrected chi connectivity index (χ1v) is 8.68. The molecule has 154 valence electrons. The third-order valence-corrected chi connectivity index (χ3v) is 4.00. The van der Waals surface area contributed by atoms with Crippen molar-refractivity contribution in [2.75, 3.05) is 18.5 Å². The van der Waals surface area contributed by atoms with Crippen molar-refractivity contribution in [3.05, 3.63) is 63.6 Å². The number of rotatable bonds is 6. The van der Waals surface area contributed by atoms with Gasteiger partial charge in [0.15, 0.2) is 6.61 Å². The molecular formula is C18H13Cl2F3N2O4. The fourth-order valence-corrected chi connectivity index (χ4v) is 2.42. The van der Waals surface area contributed by atoms with Gasteiger partial charge in [-0.1, -0.05) is 23.2 Å². The number of hydrogen-bond donors (Lipinski definition) is 2. The molecule has 0 fully saturated rings. The Hall–Kier alpha value is -2.78. The predicted octanol–water partition coefficient (Wildman–Crippen LogP) is 3.92. The van der Waals surface area contributed by atoms with Gasteiger partial charge in [-0.2, -0.15) is 13.2 Å². The lowest BCUT2D eigenvalue weighted by Crippen LogP contribution is -2.32. The molecule has 0 saturated heterocycles. The molecule has 0 aromatic heterocycles. The number of benzene rings is 2. The van der Waals surface area contributed by atoms with Crippen LogP contribution < -0.4 is 10.6 Å². The fraction of sp³-hybridized carbons (Fsp3) is 0.167. The fourth-order valence-electron chi connectivity index (χ4n) is 2.07. The van der Waals surface area contributed by atoms with Crippen LogP contribution in [0, 0.1) is 0 Å². The maximum Gasteiger partial charge on any atom is 0.417 e. The Kier molecular flexibility index (Phi) is 7.46. The van der Waals surface area contributed by atoms with E-state index in [2.05, 4.69) is 15.4 Å². The molecule has 2 rings (SSSR count). The van der Waals surface area contributed by atoms with E-state index in [1.807, 2.05) is 0 Å². The van der Waals surface area contributed by atoms with E-state index in [0.29, 0.717) is 11.1 Å². The lowest BCUT2D eigenvalue weighted by Gasteiger charge is -2.12. The highest BCUT2D eigenvalue weighted by Gasteiger charge is 2.33. The highest BCUT2D eigenvalue weighted by molar-refractivity contribution is 6.31. The minimum absolute atomic E-state index is 0.168. The molecule has 2 aromatic carbocycles. The molecule has 2 aromatic rings. The number of alkyl halides is 3. The van der Waals surface area contributed by atoms with Gasteiger partial charge in [-0.3, -0.25) is 14.4 Å². The van der Waals surface area contributed by atoms with Gasteiger partial charge in [0.2, 0.25) is 0 Å². The maximum atomic E-state index is 12.8. The van der Waals surface area contributed by atoms with Crippen molar-refractivity contribution in [1.29, 1.82) is 0 Å². The van der Waals surface area contributed by atoms with Crippen LogP contribution in [-0.4, -0.2) is 30.9 Å². The summed E-state index contributed by atoms with van der Waals surface area (Å²) in [6.07, 6.45) is -4.69. The number of nitrogens with one attached hydrogen (secondary N) is 2. The Balaban J connectivity index is 1.81. The number of halogens is 5. The molecule has 2 amide bonds. The Labute approximate surface area is 172 Å². The van der Waals surface area contributed by atoms with Crippen molar-refractivity contribution >= 4 is 46.7 Å². The van der Waals surface area contributed by atoms with Gasteiger partial charge in [0.25, 0.3) is 11.8 Å². The van der Waals surface area contributed by atoms with Gasteiger partial charge < -0.3 is 15.4 Å². The highest BCUT2D eigenvalue weighted by atomic mass is 35.5. The Morgan fingerprint density at radius 1 is 1.00 bits per heavy atom. The van der Waals surface area contributed by atoms with Crippen LogP contribution in [0.1, 0.15) is 15.9 Å². The van der Waals surface area contributed by atoms with E-state index >= 15 is 0 Å². The molecular weight excluding hydrogens is 436 g/mol. The van der Waals surface area contributed by atoms with E-state index in [-0.39, 0.29) is 11.3 Å².